The van der Waals surface area contributed by atoms with Gasteiger partial charge in [-0.15, -0.1) is 0 Å². The summed E-state index contributed by atoms with van der Waals surface area (Å²) in [6, 6.07) is 5.21. The molecule has 0 heterocycles. The number of primary amides is 1. The van der Waals surface area contributed by atoms with Crippen LogP contribution in [0.2, 0.25) is 10.0 Å². The number of carbonyl (C=O) groups excluding carboxylic acids is 1. The van der Waals surface area contributed by atoms with E-state index in [0.717, 1.165) is 5.56 Å². The van der Waals surface area contributed by atoms with Crippen molar-refractivity contribution in [1.29, 1.82) is 0 Å². The van der Waals surface area contributed by atoms with Gasteiger partial charge in [0, 0.05) is 16.1 Å². The highest BCUT2D eigenvalue weighted by Gasteiger charge is 2.09. The van der Waals surface area contributed by atoms with Gasteiger partial charge >= 0.3 is 0 Å². The summed E-state index contributed by atoms with van der Waals surface area (Å²) >= 11 is 11.8. The SMILES string of the molecule is C[C@H](NCC(N)=O)c1ccc(Cl)cc1Cl. The van der Waals surface area contributed by atoms with Crippen LogP contribution in [-0.2, 0) is 4.79 Å². The van der Waals surface area contributed by atoms with Crippen molar-refractivity contribution in [3.8, 4) is 0 Å². The Hall–Kier alpha value is -0.770. The first-order valence-electron chi connectivity index (χ1n) is 4.47. The van der Waals surface area contributed by atoms with Gasteiger partial charge in [0.1, 0.15) is 0 Å². The normalized spacial score (nSPS) is 12.5. The van der Waals surface area contributed by atoms with E-state index in [0.29, 0.717) is 10.0 Å². The Morgan fingerprint density at radius 3 is 2.73 bits per heavy atom. The zero-order valence-corrected chi connectivity index (χ0v) is 9.77. The molecule has 0 radical (unpaired) electrons. The molecule has 5 heteroatoms. The lowest BCUT2D eigenvalue weighted by Crippen LogP contribution is -2.30. The van der Waals surface area contributed by atoms with Crippen LogP contribution < -0.4 is 11.1 Å². The van der Waals surface area contributed by atoms with E-state index < -0.39 is 5.91 Å². The molecule has 15 heavy (non-hydrogen) atoms. The fraction of sp³-hybridized carbons (Fsp3) is 0.300. The minimum Gasteiger partial charge on any atom is -0.369 e. The zero-order valence-electron chi connectivity index (χ0n) is 8.26. The smallest absolute Gasteiger partial charge is 0.231 e. The maximum atomic E-state index is 10.6. The van der Waals surface area contributed by atoms with Gasteiger partial charge in [-0.3, -0.25) is 4.79 Å². The van der Waals surface area contributed by atoms with E-state index in [1.807, 2.05) is 13.0 Å². The second kappa shape index (κ2) is 5.35. The highest BCUT2D eigenvalue weighted by Crippen LogP contribution is 2.25. The van der Waals surface area contributed by atoms with Gasteiger partial charge in [0.15, 0.2) is 0 Å². The van der Waals surface area contributed by atoms with Crippen molar-refractivity contribution in [3.63, 3.8) is 0 Å². The second-order valence-electron chi connectivity index (χ2n) is 3.23. The molecular formula is C10H12Cl2N2O. The fourth-order valence-corrected chi connectivity index (χ4v) is 1.79. The van der Waals surface area contributed by atoms with Crippen molar-refractivity contribution in [2.75, 3.05) is 6.54 Å². The maximum absolute atomic E-state index is 10.6. The van der Waals surface area contributed by atoms with Crippen molar-refractivity contribution in [3.05, 3.63) is 33.8 Å². The third-order valence-electron chi connectivity index (χ3n) is 2.01. The highest BCUT2D eigenvalue weighted by atomic mass is 35.5. The Kier molecular flexibility index (Phi) is 4.39. The minimum absolute atomic E-state index is 0.0396. The molecule has 0 aliphatic carbocycles. The minimum atomic E-state index is -0.396. The molecule has 1 atom stereocenters. The maximum Gasteiger partial charge on any atom is 0.231 e. The van der Waals surface area contributed by atoms with Crippen LogP contribution >= 0.6 is 23.2 Å². The Morgan fingerprint density at radius 1 is 1.53 bits per heavy atom. The summed E-state index contributed by atoms with van der Waals surface area (Å²) in [6.07, 6.45) is 0. The van der Waals surface area contributed by atoms with E-state index in [9.17, 15) is 4.79 Å². The van der Waals surface area contributed by atoms with Crippen molar-refractivity contribution < 1.29 is 4.79 Å². The van der Waals surface area contributed by atoms with Crippen LogP contribution in [-0.4, -0.2) is 12.5 Å². The second-order valence-corrected chi connectivity index (χ2v) is 4.08. The van der Waals surface area contributed by atoms with Crippen LogP contribution in [0.5, 0.6) is 0 Å². The largest absolute Gasteiger partial charge is 0.369 e. The molecule has 0 aliphatic rings. The van der Waals surface area contributed by atoms with E-state index in [-0.39, 0.29) is 12.6 Å². The van der Waals surface area contributed by atoms with Crippen LogP contribution in [0.15, 0.2) is 18.2 Å². The molecule has 0 saturated carbocycles. The van der Waals surface area contributed by atoms with E-state index >= 15 is 0 Å². The Morgan fingerprint density at radius 2 is 2.20 bits per heavy atom. The van der Waals surface area contributed by atoms with Crippen molar-refractivity contribution in [2.45, 2.75) is 13.0 Å². The summed E-state index contributed by atoms with van der Waals surface area (Å²) in [6.45, 7) is 2.03. The monoisotopic (exact) mass is 246 g/mol. The fourth-order valence-electron chi connectivity index (χ4n) is 1.22. The molecule has 0 bridgehead atoms. The van der Waals surface area contributed by atoms with Crippen molar-refractivity contribution >= 4 is 29.1 Å². The first kappa shape index (κ1) is 12.3. The number of benzene rings is 1. The number of nitrogens with two attached hydrogens (primary N) is 1. The Bertz CT molecular complexity index is 368. The molecule has 0 aromatic heterocycles. The standard InChI is InChI=1S/C10H12Cl2N2O/c1-6(14-5-10(13)15)8-3-2-7(11)4-9(8)12/h2-4,6,14H,5H2,1H3,(H2,13,15)/t6-/m0/s1. The summed E-state index contributed by atoms with van der Waals surface area (Å²) in [5.74, 6) is -0.396. The molecule has 0 unspecified atom stereocenters. The van der Waals surface area contributed by atoms with Gasteiger partial charge < -0.3 is 11.1 Å². The van der Waals surface area contributed by atoms with Crippen LogP contribution in [0, 0.1) is 0 Å². The third kappa shape index (κ3) is 3.70. The topological polar surface area (TPSA) is 55.1 Å². The summed E-state index contributed by atoms with van der Waals surface area (Å²) in [7, 11) is 0. The molecular weight excluding hydrogens is 235 g/mol. The molecule has 82 valence electrons. The quantitative estimate of drug-likeness (QED) is 0.856. The summed E-state index contributed by atoms with van der Waals surface area (Å²) in [5.41, 5.74) is 5.92. The zero-order chi connectivity index (χ0) is 11.4. The third-order valence-corrected chi connectivity index (χ3v) is 2.57. The van der Waals surface area contributed by atoms with E-state index in [1.165, 1.54) is 0 Å². The van der Waals surface area contributed by atoms with Gasteiger partial charge in [-0.05, 0) is 24.6 Å². The number of rotatable bonds is 4. The number of carbonyl (C=O) groups is 1. The number of amides is 1. The predicted octanol–water partition coefficient (Wildman–Crippen LogP) is 2.13. The summed E-state index contributed by atoms with van der Waals surface area (Å²) < 4.78 is 0. The van der Waals surface area contributed by atoms with Gasteiger partial charge in [0.25, 0.3) is 0 Å². The molecule has 0 aliphatic heterocycles. The molecule has 3 N–H and O–H groups in total. The molecule has 0 saturated heterocycles. The van der Waals surface area contributed by atoms with Gasteiger partial charge in [-0.25, -0.2) is 0 Å². The average Bonchev–Trinajstić information content (AvgIpc) is 2.14. The predicted molar refractivity (Wildman–Crippen MR) is 62.1 cm³/mol. The first-order chi connectivity index (χ1) is 7.00. The van der Waals surface area contributed by atoms with Crippen LogP contribution in [0.1, 0.15) is 18.5 Å². The lowest BCUT2D eigenvalue weighted by atomic mass is 10.1. The average molecular weight is 247 g/mol. The summed E-state index contributed by atoms with van der Waals surface area (Å²) in [4.78, 5) is 10.6. The lowest BCUT2D eigenvalue weighted by Gasteiger charge is -2.14. The van der Waals surface area contributed by atoms with E-state index in [4.69, 9.17) is 28.9 Å². The van der Waals surface area contributed by atoms with E-state index in [2.05, 4.69) is 5.32 Å². The Balaban J connectivity index is 2.73. The van der Waals surface area contributed by atoms with Gasteiger partial charge in [-0.2, -0.15) is 0 Å². The number of halogens is 2. The van der Waals surface area contributed by atoms with Crippen molar-refractivity contribution in [1.82, 2.24) is 5.32 Å². The molecule has 1 amide bonds. The van der Waals surface area contributed by atoms with Crippen LogP contribution in [0.3, 0.4) is 0 Å². The number of hydrogen-bond donors (Lipinski definition) is 2. The highest BCUT2D eigenvalue weighted by molar-refractivity contribution is 6.35. The van der Waals surface area contributed by atoms with Crippen LogP contribution in [0.25, 0.3) is 0 Å². The molecule has 0 spiro atoms. The molecule has 1 aromatic rings. The first-order valence-corrected chi connectivity index (χ1v) is 5.23. The number of hydrogen-bond acceptors (Lipinski definition) is 2. The summed E-state index contributed by atoms with van der Waals surface area (Å²) in [5, 5.41) is 4.12. The van der Waals surface area contributed by atoms with Gasteiger partial charge in [0.2, 0.25) is 5.91 Å². The van der Waals surface area contributed by atoms with Crippen LogP contribution in [0.4, 0.5) is 0 Å². The van der Waals surface area contributed by atoms with Gasteiger partial charge in [-0.1, -0.05) is 29.3 Å². The molecule has 1 rings (SSSR count). The Labute approximate surface area is 98.5 Å². The van der Waals surface area contributed by atoms with Crippen molar-refractivity contribution in [2.24, 2.45) is 5.73 Å². The molecule has 3 nitrogen and oxygen atoms in total. The number of nitrogens with one attached hydrogen (secondary N) is 1. The van der Waals surface area contributed by atoms with E-state index in [1.54, 1.807) is 12.1 Å². The molecule has 1 aromatic carbocycles. The molecule has 0 fully saturated rings. The van der Waals surface area contributed by atoms with Gasteiger partial charge in [0.05, 0.1) is 6.54 Å². The lowest BCUT2D eigenvalue weighted by molar-refractivity contribution is -0.117.